The molecule has 122 valence electrons. The Morgan fingerprint density at radius 3 is 2.96 bits per heavy atom. The zero-order valence-corrected chi connectivity index (χ0v) is 14.1. The molecule has 1 aromatic carbocycles. The van der Waals surface area contributed by atoms with Crippen LogP contribution in [-0.2, 0) is 7.05 Å². The number of nitrogens with one attached hydrogen (secondary N) is 2. The molecular weight excluding hydrogens is 312 g/mol. The largest absolute Gasteiger partial charge is 0.349 e. The standard InChI is InChI=1S/C17H21ClN4O/c1-11-9-12(7-8-19-11)20-17(23)14-10-22(2)21-16(14)13-5-3-4-6-15(13)18/h3-6,10-12,19H,7-9H2,1-2H3,(H,20,23). The normalized spacial score (nSPS) is 21.2. The Kier molecular flexibility index (Phi) is 4.68. The SMILES string of the molecule is CC1CC(NC(=O)c2cn(C)nc2-c2ccccc2Cl)CCN1. The molecule has 2 atom stereocenters. The van der Waals surface area contributed by atoms with Crippen molar-refractivity contribution in [1.29, 1.82) is 0 Å². The number of aryl methyl sites for hydroxylation is 1. The van der Waals surface area contributed by atoms with Crippen molar-refractivity contribution >= 4 is 17.5 Å². The van der Waals surface area contributed by atoms with Crippen LogP contribution >= 0.6 is 11.6 Å². The number of amides is 1. The summed E-state index contributed by atoms with van der Waals surface area (Å²) in [6, 6.07) is 8.07. The Bertz CT molecular complexity index is 712. The minimum absolute atomic E-state index is 0.0906. The fraction of sp³-hybridized carbons (Fsp3) is 0.412. The van der Waals surface area contributed by atoms with Crippen molar-refractivity contribution in [2.75, 3.05) is 6.54 Å². The summed E-state index contributed by atoms with van der Waals surface area (Å²) in [5, 5.41) is 11.5. The first-order chi connectivity index (χ1) is 11.0. The highest BCUT2D eigenvalue weighted by Crippen LogP contribution is 2.29. The lowest BCUT2D eigenvalue weighted by Gasteiger charge is -2.28. The molecule has 1 aromatic heterocycles. The van der Waals surface area contributed by atoms with E-state index in [1.165, 1.54) is 0 Å². The lowest BCUT2D eigenvalue weighted by molar-refractivity contribution is 0.0926. The molecule has 1 aliphatic rings. The van der Waals surface area contributed by atoms with E-state index in [2.05, 4.69) is 22.7 Å². The van der Waals surface area contributed by atoms with E-state index in [9.17, 15) is 4.79 Å². The second-order valence-corrected chi connectivity index (χ2v) is 6.50. The summed E-state index contributed by atoms with van der Waals surface area (Å²) >= 11 is 6.27. The highest BCUT2D eigenvalue weighted by atomic mass is 35.5. The van der Waals surface area contributed by atoms with Crippen molar-refractivity contribution in [1.82, 2.24) is 20.4 Å². The van der Waals surface area contributed by atoms with Crippen molar-refractivity contribution in [2.24, 2.45) is 7.05 Å². The summed E-state index contributed by atoms with van der Waals surface area (Å²) in [5.41, 5.74) is 1.96. The summed E-state index contributed by atoms with van der Waals surface area (Å²) in [6.07, 6.45) is 3.63. The molecule has 2 heterocycles. The van der Waals surface area contributed by atoms with Gasteiger partial charge in [0.1, 0.15) is 5.69 Å². The molecule has 2 N–H and O–H groups in total. The van der Waals surface area contributed by atoms with Gasteiger partial charge in [-0.1, -0.05) is 29.8 Å². The maximum absolute atomic E-state index is 12.7. The van der Waals surface area contributed by atoms with E-state index < -0.39 is 0 Å². The number of rotatable bonds is 3. The number of carbonyl (C=O) groups is 1. The molecule has 2 unspecified atom stereocenters. The van der Waals surface area contributed by atoms with Crippen LogP contribution in [0.3, 0.4) is 0 Å². The number of nitrogens with zero attached hydrogens (tertiary/aromatic N) is 2. The molecule has 0 aliphatic carbocycles. The minimum atomic E-state index is -0.0906. The average Bonchev–Trinajstić information content (AvgIpc) is 2.89. The lowest BCUT2D eigenvalue weighted by atomic mass is 10.00. The van der Waals surface area contributed by atoms with Crippen molar-refractivity contribution in [3.05, 3.63) is 41.0 Å². The smallest absolute Gasteiger partial charge is 0.255 e. The van der Waals surface area contributed by atoms with E-state index in [4.69, 9.17) is 11.6 Å². The number of benzene rings is 1. The summed E-state index contributed by atoms with van der Waals surface area (Å²) in [4.78, 5) is 12.7. The third-order valence-corrected chi connectivity index (χ3v) is 4.49. The Morgan fingerprint density at radius 2 is 2.22 bits per heavy atom. The van der Waals surface area contributed by atoms with Gasteiger partial charge in [-0.3, -0.25) is 9.48 Å². The summed E-state index contributed by atoms with van der Waals surface area (Å²) in [7, 11) is 1.81. The molecule has 1 saturated heterocycles. The first-order valence-electron chi connectivity index (χ1n) is 7.87. The summed E-state index contributed by atoms with van der Waals surface area (Å²) in [6.45, 7) is 3.06. The van der Waals surface area contributed by atoms with Gasteiger partial charge in [-0.25, -0.2) is 0 Å². The molecule has 1 fully saturated rings. The van der Waals surface area contributed by atoms with Crippen molar-refractivity contribution in [3.8, 4) is 11.3 Å². The van der Waals surface area contributed by atoms with Crippen LogP contribution in [0.15, 0.2) is 30.5 Å². The molecule has 0 bridgehead atoms. The van der Waals surface area contributed by atoms with E-state index in [1.54, 1.807) is 10.9 Å². The average molecular weight is 333 g/mol. The highest BCUT2D eigenvalue weighted by molar-refractivity contribution is 6.33. The molecular formula is C17H21ClN4O. The van der Waals surface area contributed by atoms with E-state index in [0.717, 1.165) is 24.9 Å². The van der Waals surface area contributed by atoms with Gasteiger partial charge in [0.2, 0.25) is 0 Å². The van der Waals surface area contributed by atoms with Crippen LogP contribution < -0.4 is 10.6 Å². The lowest BCUT2D eigenvalue weighted by Crippen LogP contribution is -2.46. The second kappa shape index (κ2) is 6.72. The van der Waals surface area contributed by atoms with Crippen molar-refractivity contribution in [2.45, 2.75) is 31.8 Å². The van der Waals surface area contributed by atoms with Gasteiger partial charge in [0.15, 0.2) is 0 Å². The summed E-state index contributed by atoms with van der Waals surface area (Å²) in [5.74, 6) is -0.0906. The van der Waals surface area contributed by atoms with E-state index in [-0.39, 0.29) is 11.9 Å². The quantitative estimate of drug-likeness (QED) is 0.908. The van der Waals surface area contributed by atoms with Gasteiger partial charge in [0, 0.05) is 30.9 Å². The Balaban J connectivity index is 1.85. The van der Waals surface area contributed by atoms with E-state index >= 15 is 0 Å². The number of piperidine rings is 1. The molecule has 3 rings (SSSR count). The number of hydrogen-bond acceptors (Lipinski definition) is 3. The van der Waals surface area contributed by atoms with E-state index in [1.807, 2.05) is 31.3 Å². The zero-order valence-electron chi connectivity index (χ0n) is 13.3. The maximum Gasteiger partial charge on any atom is 0.255 e. The molecule has 23 heavy (non-hydrogen) atoms. The number of aromatic nitrogens is 2. The van der Waals surface area contributed by atoms with Gasteiger partial charge in [0.25, 0.3) is 5.91 Å². The van der Waals surface area contributed by atoms with Gasteiger partial charge in [-0.05, 0) is 32.4 Å². The molecule has 0 spiro atoms. The third kappa shape index (κ3) is 3.57. The minimum Gasteiger partial charge on any atom is -0.349 e. The molecule has 1 aliphatic heterocycles. The van der Waals surface area contributed by atoms with Crippen LogP contribution in [0.25, 0.3) is 11.3 Å². The maximum atomic E-state index is 12.7. The van der Waals surface area contributed by atoms with Gasteiger partial charge >= 0.3 is 0 Å². The van der Waals surface area contributed by atoms with Crippen LogP contribution in [0.5, 0.6) is 0 Å². The molecule has 5 nitrogen and oxygen atoms in total. The van der Waals surface area contributed by atoms with Gasteiger partial charge in [-0.15, -0.1) is 0 Å². The van der Waals surface area contributed by atoms with Crippen molar-refractivity contribution in [3.63, 3.8) is 0 Å². The Labute approximate surface area is 141 Å². The molecule has 2 aromatic rings. The zero-order chi connectivity index (χ0) is 16.4. The first kappa shape index (κ1) is 16.0. The van der Waals surface area contributed by atoms with Gasteiger partial charge in [0.05, 0.1) is 10.6 Å². The Hall–Kier alpha value is -1.85. The molecule has 1 amide bonds. The van der Waals surface area contributed by atoms with Crippen LogP contribution in [0.2, 0.25) is 5.02 Å². The predicted octanol–water partition coefficient (Wildman–Crippen LogP) is 2.61. The van der Waals surface area contributed by atoms with Crippen LogP contribution in [0.1, 0.15) is 30.1 Å². The van der Waals surface area contributed by atoms with E-state index in [0.29, 0.717) is 22.3 Å². The highest BCUT2D eigenvalue weighted by Gasteiger charge is 2.24. The number of hydrogen-bond donors (Lipinski definition) is 2. The molecule has 6 heteroatoms. The van der Waals surface area contributed by atoms with Crippen LogP contribution in [-0.4, -0.2) is 34.3 Å². The molecule has 0 saturated carbocycles. The first-order valence-corrected chi connectivity index (χ1v) is 8.25. The second-order valence-electron chi connectivity index (χ2n) is 6.09. The Morgan fingerprint density at radius 1 is 1.43 bits per heavy atom. The topological polar surface area (TPSA) is 59.0 Å². The van der Waals surface area contributed by atoms with Crippen molar-refractivity contribution < 1.29 is 4.79 Å². The van der Waals surface area contributed by atoms with Gasteiger partial charge < -0.3 is 10.6 Å². The fourth-order valence-corrected chi connectivity index (χ4v) is 3.26. The fourth-order valence-electron chi connectivity index (χ4n) is 3.03. The monoisotopic (exact) mass is 332 g/mol. The number of halogens is 1. The third-order valence-electron chi connectivity index (χ3n) is 4.16. The van der Waals surface area contributed by atoms with Crippen LogP contribution in [0.4, 0.5) is 0 Å². The van der Waals surface area contributed by atoms with Crippen LogP contribution in [0, 0.1) is 0 Å². The molecule has 0 radical (unpaired) electrons. The van der Waals surface area contributed by atoms with Gasteiger partial charge in [-0.2, -0.15) is 5.10 Å². The summed E-state index contributed by atoms with van der Waals surface area (Å²) < 4.78 is 1.65. The number of carbonyl (C=O) groups excluding carboxylic acids is 1. The predicted molar refractivity (Wildman–Crippen MR) is 91.6 cm³/mol.